The number of aromatic nitrogens is 2. The molecule has 102 valence electrons. The first-order chi connectivity index (χ1) is 7.74. The van der Waals surface area contributed by atoms with Crippen LogP contribution in [0.3, 0.4) is 0 Å². The molecule has 1 aromatic heterocycles. The number of hydrogen-bond acceptors (Lipinski definition) is 4. The maximum Gasteiger partial charge on any atom is 0.132 e. The molecular formula is C12H20Cl2N4. The summed E-state index contributed by atoms with van der Waals surface area (Å²) in [6, 6.07) is 2.48. The highest BCUT2D eigenvalue weighted by Gasteiger charge is 2.40. The number of piperidine rings is 1. The van der Waals surface area contributed by atoms with E-state index in [4.69, 9.17) is 5.73 Å². The lowest BCUT2D eigenvalue weighted by Crippen LogP contribution is -2.49. The van der Waals surface area contributed by atoms with Crippen LogP contribution in [0.4, 0.5) is 5.82 Å². The molecule has 18 heavy (non-hydrogen) atoms. The van der Waals surface area contributed by atoms with Crippen molar-refractivity contribution in [3.05, 3.63) is 18.1 Å². The minimum atomic E-state index is 0. The van der Waals surface area contributed by atoms with Crippen LogP contribution in [0, 0.1) is 18.8 Å². The van der Waals surface area contributed by atoms with Gasteiger partial charge in [0.25, 0.3) is 0 Å². The van der Waals surface area contributed by atoms with Crippen molar-refractivity contribution in [3.8, 4) is 0 Å². The van der Waals surface area contributed by atoms with Crippen molar-refractivity contribution in [2.24, 2.45) is 17.6 Å². The second-order valence-electron chi connectivity index (χ2n) is 5.10. The van der Waals surface area contributed by atoms with Crippen molar-refractivity contribution in [2.45, 2.75) is 25.8 Å². The second-order valence-corrected chi connectivity index (χ2v) is 5.10. The smallest absolute Gasteiger partial charge is 0.132 e. The first-order valence-corrected chi connectivity index (χ1v) is 6.03. The lowest BCUT2D eigenvalue weighted by atomic mass is 9.93. The van der Waals surface area contributed by atoms with Crippen LogP contribution in [-0.2, 0) is 0 Å². The molecule has 2 atom stereocenters. The van der Waals surface area contributed by atoms with Crippen LogP contribution >= 0.6 is 24.8 Å². The molecule has 1 aliphatic heterocycles. The maximum atomic E-state index is 6.20. The van der Waals surface area contributed by atoms with E-state index in [0.717, 1.165) is 24.6 Å². The Balaban J connectivity index is 0.000000810. The van der Waals surface area contributed by atoms with E-state index >= 15 is 0 Å². The Kier molecular flexibility index (Phi) is 5.20. The normalized spacial score (nSPS) is 29.4. The molecule has 6 heteroatoms. The monoisotopic (exact) mass is 290 g/mol. The number of anilines is 1. The van der Waals surface area contributed by atoms with E-state index in [9.17, 15) is 0 Å². The number of rotatable bonds is 1. The summed E-state index contributed by atoms with van der Waals surface area (Å²) in [6.07, 6.45) is 4.22. The third-order valence-corrected chi connectivity index (χ3v) is 4.02. The van der Waals surface area contributed by atoms with Crippen molar-refractivity contribution in [2.75, 3.05) is 18.0 Å². The summed E-state index contributed by atoms with van der Waals surface area (Å²) in [4.78, 5) is 10.9. The minimum Gasteiger partial charge on any atom is -0.356 e. The van der Waals surface area contributed by atoms with Gasteiger partial charge in [0.2, 0.25) is 0 Å². The summed E-state index contributed by atoms with van der Waals surface area (Å²) in [5, 5.41) is 0. The molecule has 1 aliphatic carbocycles. The van der Waals surface area contributed by atoms with Crippen molar-refractivity contribution >= 4 is 30.6 Å². The molecule has 0 aromatic carbocycles. The predicted octanol–water partition coefficient (Wildman–Crippen LogP) is 1.80. The zero-order chi connectivity index (χ0) is 11.1. The molecule has 2 N–H and O–H groups in total. The quantitative estimate of drug-likeness (QED) is 0.857. The van der Waals surface area contributed by atoms with Gasteiger partial charge in [0.05, 0.1) is 0 Å². The minimum absolute atomic E-state index is 0. The van der Waals surface area contributed by atoms with Gasteiger partial charge in [0.1, 0.15) is 12.1 Å². The highest BCUT2D eigenvalue weighted by atomic mass is 35.5. The number of fused-ring (bicyclic) bond motifs is 2. The molecule has 3 rings (SSSR count). The van der Waals surface area contributed by atoms with Crippen LogP contribution in [0.1, 0.15) is 18.5 Å². The number of hydrogen-bond donors (Lipinski definition) is 1. The van der Waals surface area contributed by atoms with Crippen molar-refractivity contribution in [3.63, 3.8) is 0 Å². The van der Waals surface area contributed by atoms with Gasteiger partial charge >= 0.3 is 0 Å². The van der Waals surface area contributed by atoms with E-state index in [-0.39, 0.29) is 24.8 Å². The van der Waals surface area contributed by atoms with E-state index in [1.54, 1.807) is 6.33 Å². The molecule has 0 amide bonds. The third kappa shape index (κ3) is 2.71. The summed E-state index contributed by atoms with van der Waals surface area (Å²) in [6.45, 7) is 4.14. The molecule has 2 fully saturated rings. The Labute approximate surface area is 120 Å². The standard InChI is InChI=1S/C12H18N4.2ClH/c1-8-4-11(15-7-14-8)16-5-9-2-3-10(6-16)12(9)13;;/h4,7,9-10,12H,2-3,5-6,13H2,1H3;2*1H. The Morgan fingerprint density at radius 2 is 1.78 bits per heavy atom. The number of nitrogens with two attached hydrogens (primary N) is 1. The van der Waals surface area contributed by atoms with E-state index in [1.807, 2.05) is 6.92 Å². The molecule has 2 bridgehead atoms. The Hall–Kier alpha value is -0.580. The highest BCUT2D eigenvalue weighted by Crippen LogP contribution is 2.36. The highest BCUT2D eigenvalue weighted by molar-refractivity contribution is 5.85. The van der Waals surface area contributed by atoms with Crippen molar-refractivity contribution < 1.29 is 0 Å². The molecule has 2 heterocycles. The SMILES string of the molecule is Cc1cc(N2CC3CCC(C2)C3N)ncn1.Cl.Cl. The molecule has 2 aliphatic rings. The van der Waals surface area contributed by atoms with E-state index in [1.165, 1.54) is 12.8 Å². The van der Waals surface area contributed by atoms with Crippen LogP contribution in [0.2, 0.25) is 0 Å². The zero-order valence-corrected chi connectivity index (χ0v) is 12.1. The van der Waals surface area contributed by atoms with E-state index < -0.39 is 0 Å². The lowest BCUT2D eigenvalue weighted by molar-refractivity contribution is 0.355. The van der Waals surface area contributed by atoms with Gasteiger partial charge in [-0.1, -0.05) is 0 Å². The van der Waals surface area contributed by atoms with Gasteiger partial charge < -0.3 is 10.6 Å². The Bertz CT molecular complexity index is 387. The van der Waals surface area contributed by atoms with E-state index in [2.05, 4.69) is 20.9 Å². The maximum absolute atomic E-state index is 6.20. The van der Waals surface area contributed by atoms with Crippen molar-refractivity contribution in [1.29, 1.82) is 0 Å². The molecular weight excluding hydrogens is 271 g/mol. The molecule has 1 saturated heterocycles. The molecule has 1 saturated carbocycles. The fraction of sp³-hybridized carbons (Fsp3) is 0.667. The van der Waals surface area contributed by atoms with Gasteiger partial charge in [0.15, 0.2) is 0 Å². The second kappa shape index (κ2) is 6.04. The molecule has 0 radical (unpaired) electrons. The van der Waals surface area contributed by atoms with Crippen LogP contribution in [0.15, 0.2) is 12.4 Å². The first kappa shape index (κ1) is 15.5. The summed E-state index contributed by atoms with van der Waals surface area (Å²) in [5.74, 6) is 2.39. The first-order valence-electron chi connectivity index (χ1n) is 6.03. The van der Waals surface area contributed by atoms with Gasteiger partial charge in [0, 0.05) is 30.9 Å². The van der Waals surface area contributed by atoms with Gasteiger partial charge in [-0.3, -0.25) is 0 Å². The third-order valence-electron chi connectivity index (χ3n) is 4.02. The van der Waals surface area contributed by atoms with Crippen LogP contribution in [0.25, 0.3) is 0 Å². The summed E-state index contributed by atoms with van der Waals surface area (Å²) in [7, 11) is 0. The lowest BCUT2D eigenvalue weighted by Gasteiger charge is -2.36. The fourth-order valence-electron chi connectivity index (χ4n) is 3.07. The Morgan fingerprint density at radius 1 is 1.17 bits per heavy atom. The van der Waals surface area contributed by atoms with Crippen LogP contribution < -0.4 is 10.6 Å². The molecule has 1 aromatic rings. The molecule has 0 spiro atoms. The van der Waals surface area contributed by atoms with Crippen molar-refractivity contribution in [1.82, 2.24) is 9.97 Å². The fourth-order valence-corrected chi connectivity index (χ4v) is 3.07. The largest absolute Gasteiger partial charge is 0.356 e. The van der Waals surface area contributed by atoms with Gasteiger partial charge in [-0.15, -0.1) is 24.8 Å². The van der Waals surface area contributed by atoms with Gasteiger partial charge in [-0.05, 0) is 31.6 Å². The summed E-state index contributed by atoms with van der Waals surface area (Å²) >= 11 is 0. The molecule has 4 nitrogen and oxygen atoms in total. The number of halogens is 2. The summed E-state index contributed by atoms with van der Waals surface area (Å²) in [5.41, 5.74) is 7.23. The predicted molar refractivity (Wildman–Crippen MR) is 77.7 cm³/mol. The van der Waals surface area contributed by atoms with Crippen LogP contribution in [-0.4, -0.2) is 29.1 Å². The van der Waals surface area contributed by atoms with Gasteiger partial charge in [-0.2, -0.15) is 0 Å². The van der Waals surface area contributed by atoms with Crippen LogP contribution in [0.5, 0.6) is 0 Å². The number of aryl methyl sites for hydroxylation is 1. The molecule has 2 unspecified atom stereocenters. The average molecular weight is 291 g/mol. The summed E-state index contributed by atoms with van der Waals surface area (Å²) < 4.78 is 0. The van der Waals surface area contributed by atoms with E-state index in [0.29, 0.717) is 17.9 Å². The van der Waals surface area contributed by atoms with Gasteiger partial charge in [-0.25, -0.2) is 9.97 Å². The number of nitrogens with zero attached hydrogens (tertiary/aromatic N) is 3. The Morgan fingerprint density at radius 3 is 2.33 bits per heavy atom. The zero-order valence-electron chi connectivity index (χ0n) is 10.5. The topological polar surface area (TPSA) is 55.0 Å². The average Bonchev–Trinajstić information content (AvgIpc) is 2.53.